The molecule has 0 bridgehead atoms. The van der Waals surface area contributed by atoms with E-state index in [2.05, 4.69) is 9.97 Å². The van der Waals surface area contributed by atoms with Crippen molar-refractivity contribution in [2.24, 2.45) is 5.73 Å². The molecule has 0 saturated heterocycles. The van der Waals surface area contributed by atoms with Gasteiger partial charge >= 0.3 is 0 Å². The van der Waals surface area contributed by atoms with Crippen molar-refractivity contribution in [3.63, 3.8) is 0 Å². The first-order valence-corrected chi connectivity index (χ1v) is 3.21. The van der Waals surface area contributed by atoms with Crippen LogP contribution in [0.25, 0.3) is 0 Å². The predicted molar refractivity (Wildman–Crippen MR) is 44.1 cm³/mol. The van der Waals surface area contributed by atoms with Crippen molar-refractivity contribution in [3.05, 3.63) is 11.4 Å². The topological polar surface area (TPSA) is 121 Å². The van der Waals surface area contributed by atoms with Gasteiger partial charge in [-0.3, -0.25) is 4.79 Å². The number of aryl methyl sites for hydroxylation is 1. The fourth-order valence-corrected chi connectivity index (χ4v) is 0.727. The summed E-state index contributed by atoms with van der Waals surface area (Å²) in [6, 6.07) is 0. The number of nitrogens with two attached hydrogens (primary N) is 3. The molecule has 0 unspecified atom stereocenters. The second-order valence-electron chi connectivity index (χ2n) is 2.29. The summed E-state index contributed by atoms with van der Waals surface area (Å²) in [6.07, 6.45) is 0. The van der Waals surface area contributed by atoms with Crippen LogP contribution in [0.1, 0.15) is 16.2 Å². The zero-order chi connectivity index (χ0) is 9.30. The van der Waals surface area contributed by atoms with E-state index in [0.717, 1.165) is 0 Å². The fourth-order valence-electron chi connectivity index (χ4n) is 0.727. The largest absolute Gasteiger partial charge is 0.382 e. The number of hydrogen-bond acceptors (Lipinski definition) is 5. The highest BCUT2D eigenvalue weighted by Gasteiger charge is 2.10. The molecule has 0 atom stereocenters. The summed E-state index contributed by atoms with van der Waals surface area (Å²) >= 11 is 0. The van der Waals surface area contributed by atoms with Gasteiger partial charge in [0.15, 0.2) is 11.5 Å². The second kappa shape index (κ2) is 2.65. The molecule has 1 aromatic rings. The van der Waals surface area contributed by atoms with E-state index in [9.17, 15) is 4.79 Å². The monoisotopic (exact) mass is 167 g/mol. The number of nitrogen functional groups attached to an aromatic ring is 2. The van der Waals surface area contributed by atoms with Gasteiger partial charge in [-0.1, -0.05) is 0 Å². The standard InChI is InChI=1S/C6H9N5O/c1-2-4(7)11-5(8)3(10-2)6(9)12/h1H3,(H2,9,12)(H4,7,8,11). The summed E-state index contributed by atoms with van der Waals surface area (Å²) in [5.74, 6) is -0.536. The SMILES string of the molecule is Cc1nc(C(N)=O)c(N)nc1N. The number of aromatic nitrogens is 2. The third kappa shape index (κ3) is 1.26. The first-order valence-electron chi connectivity index (χ1n) is 3.21. The van der Waals surface area contributed by atoms with Crippen LogP contribution in [-0.2, 0) is 0 Å². The van der Waals surface area contributed by atoms with Crippen LogP contribution >= 0.6 is 0 Å². The van der Waals surface area contributed by atoms with Crippen molar-refractivity contribution in [3.8, 4) is 0 Å². The van der Waals surface area contributed by atoms with Crippen molar-refractivity contribution in [1.82, 2.24) is 9.97 Å². The highest BCUT2D eigenvalue weighted by atomic mass is 16.1. The van der Waals surface area contributed by atoms with Crippen molar-refractivity contribution in [1.29, 1.82) is 0 Å². The summed E-state index contributed by atoms with van der Waals surface area (Å²) < 4.78 is 0. The normalized spacial score (nSPS) is 9.75. The molecule has 1 amide bonds. The van der Waals surface area contributed by atoms with Crippen molar-refractivity contribution in [2.75, 3.05) is 11.5 Å². The molecule has 6 N–H and O–H groups in total. The third-order valence-electron chi connectivity index (χ3n) is 1.37. The van der Waals surface area contributed by atoms with Gasteiger partial charge in [0.25, 0.3) is 5.91 Å². The van der Waals surface area contributed by atoms with E-state index < -0.39 is 5.91 Å². The molecule has 6 heteroatoms. The minimum Gasteiger partial charge on any atom is -0.382 e. The smallest absolute Gasteiger partial charge is 0.271 e. The Morgan fingerprint density at radius 2 is 1.83 bits per heavy atom. The van der Waals surface area contributed by atoms with Crippen LogP contribution in [-0.4, -0.2) is 15.9 Å². The minimum absolute atomic E-state index is 0.0365. The van der Waals surface area contributed by atoms with Crippen molar-refractivity contribution >= 4 is 17.5 Å². The number of anilines is 2. The van der Waals surface area contributed by atoms with Gasteiger partial charge in [0.1, 0.15) is 5.82 Å². The van der Waals surface area contributed by atoms with Crippen LogP contribution in [0, 0.1) is 6.92 Å². The van der Waals surface area contributed by atoms with Crippen LogP contribution < -0.4 is 17.2 Å². The van der Waals surface area contributed by atoms with Gasteiger partial charge in [-0.25, -0.2) is 9.97 Å². The zero-order valence-electron chi connectivity index (χ0n) is 6.53. The Bertz CT molecular complexity index is 335. The van der Waals surface area contributed by atoms with E-state index in [4.69, 9.17) is 17.2 Å². The first kappa shape index (κ1) is 8.25. The highest BCUT2D eigenvalue weighted by molar-refractivity contribution is 5.95. The summed E-state index contributed by atoms with van der Waals surface area (Å²) in [4.78, 5) is 18.2. The molecular formula is C6H9N5O. The first-order chi connectivity index (χ1) is 5.52. The van der Waals surface area contributed by atoms with E-state index in [0.29, 0.717) is 5.69 Å². The zero-order valence-corrected chi connectivity index (χ0v) is 6.53. The quantitative estimate of drug-likeness (QED) is 0.497. The average Bonchev–Trinajstić information content (AvgIpc) is 1.96. The number of amides is 1. The maximum absolute atomic E-state index is 10.7. The summed E-state index contributed by atoms with van der Waals surface area (Å²) in [7, 11) is 0. The minimum atomic E-state index is -0.705. The number of carbonyl (C=O) groups is 1. The molecule has 0 spiro atoms. The van der Waals surface area contributed by atoms with Gasteiger partial charge < -0.3 is 17.2 Å². The number of primary amides is 1. The molecule has 0 aliphatic carbocycles. The molecule has 0 aliphatic heterocycles. The average molecular weight is 167 g/mol. The van der Waals surface area contributed by atoms with Gasteiger partial charge in [-0.15, -0.1) is 0 Å². The molecule has 1 rings (SSSR count). The lowest BCUT2D eigenvalue weighted by molar-refractivity contribution is 0.0996. The molecule has 1 heterocycles. The lowest BCUT2D eigenvalue weighted by Crippen LogP contribution is -2.18. The molecule has 0 aromatic carbocycles. The number of nitrogens with zero attached hydrogens (tertiary/aromatic N) is 2. The Morgan fingerprint density at radius 1 is 1.25 bits per heavy atom. The van der Waals surface area contributed by atoms with Crippen molar-refractivity contribution in [2.45, 2.75) is 6.92 Å². The maximum atomic E-state index is 10.7. The fraction of sp³-hybridized carbons (Fsp3) is 0.167. The van der Waals surface area contributed by atoms with Crippen LogP contribution in [0.3, 0.4) is 0 Å². The molecular weight excluding hydrogens is 158 g/mol. The van der Waals surface area contributed by atoms with E-state index in [1.165, 1.54) is 0 Å². The summed E-state index contributed by atoms with van der Waals surface area (Å²) in [6.45, 7) is 1.62. The molecule has 6 nitrogen and oxygen atoms in total. The number of hydrogen-bond donors (Lipinski definition) is 3. The van der Waals surface area contributed by atoms with E-state index in [1.54, 1.807) is 6.92 Å². The number of carbonyl (C=O) groups excluding carboxylic acids is 1. The molecule has 0 aliphatic rings. The summed E-state index contributed by atoms with van der Waals surface area (Å²) in [5, 5.41) is 0. The van der Waals surface area contributed by atoms with Crippen LogP contribution in [0.2, 0.25) is 0 Å². The third-order valence-corrected chi connectivity index (χ3v) is 1.37. The van der Waals surface area contributed by atoms with Gasteiger partial charge in [0.05, 0.1) is 5.69 Å². The van der Waals surface area contributed by atoms with Crippen LogP contribution in [0.5, 0.6) is 0 Å². The molecule has 1 aromatic heterocycles. The molecule has 12 heavy (non-hydrogen) atoms. The van der Waals surface area contributed by atoms with Crippen molar-refractivity contribution < 1.29 is 4.79 Å². The lowest BCUT2D eigenvalue weighted by atomic mass is 10.3. The molecule has 0 fully saturated rings. The number of rotatable bonds is 1. The van der Waals surface area contributed by atoms with Crippen LogP contribution in [0.15, 0.2) is 0 Å². The Labute approximate surface area is 68.8 Å². The molecule has 0 radical (unpaired) electrons. The predicted octanol–water partition coefficient (Wildman–Crippen LogP) is -0.952. The van der Waals surface area contributed by atoms with E-state index in [-0.39, 0.29) is 17.3 Å². The van der Waals surface area contributed by atoms with Gasteiger partial charge in [0, 0.05) is 0 Å². The Kier molecular flexibility index (Phi) is 1.82. The highest BCUT2D eigenvalue weighted by Crippen LogP contribution is 2.10. The van der Waals surface area contributed by atoms with E-state index >= 15 is 0 Å². The Balaban J connectivity index is 3.33. The van der Waals surface area contributed by atoms with E-state index in [1.807, 2.05) is 0 Å². The van der Waals surface area contributed by atoms with Gasteiger partial charge in [0.2, 0.25) is 0 Å². The molecule has 0 saturated carbocycles. The Hall–Kier alpha value is -1.85. The van der Waals surface area contributed by atoms with Gasteiger partial charge in [-0.2, -0.15) is 0 Å². The maximum Gasteiger partial charge on any atom is 0.271 e. The second-order valence-corrected chi connectivity index (χ2v) is 2.29. The Morgan fingerprint density at radius 3 is 2.33 bits per heavy atom. The lowest BCUT2D eigenvalue weighted by Gasteiger charge is -2.02. The molecule has 64 valence electrons. The van der Waals surface area contributed by atoms with Gasteiger partial charge in [-0.05, 0) is 6.92 Å². The van der Waals surface area contributed by atoms with Crippen LogP contribution in [0.4, 0.5) is 11.6 Å². The summed E-state index contributed by atoms with van der Waals surface area (Å²) in [5.41, 5.74) is 16.1.